The molecular formula is C21H28N2O4S. The summed E-state index contributed by atoms with van der Waals surface area (Å²) in [6.45, 7) is 7.64. The minimum Gasteiger partial charge on any atom is -0.491 e. The predicted molar refractivity (Wildman–Crippen MR) is 114 cm³/mol. The molecule has 0 radical (unpaired) electrons. The molecule has 1 N–H and O–H groups in total. The van der Waals surface area contributed by atoms with Crippen molar-refractivity contribution in [2.24, 2.45) is 0 Å². The van der Waals surface area contributed by atoms with Gasteiger partial charge in [-0.25, -0.2) is 8.42 Å². The lowest BCUT2D eigenvalue weighted by molar-refractivity contribution is -0.114. The standard InChI is InChI=1S/C21H28N2O4S/c1-15(2)17-9-11-18(12-10-17)22-21(24)14-23(28(5,25)26)19-7-6-8-20(13-19)27-16(3)4/h6-13,15-16H,14H2,1-5H3,(H,22,24). The van der Waals surface area contributed by atoms with Gasteiger partial charge in [-0.15, -0.1) is 0 Å². The summed E-state index contributed by atoms with van der Waals surface area (Å²) in [5.74, 6) is 0.523. The summed E-state index contributed by atoms with van der Waals surface area (Å²) in [5.41, 5.74) is 2.17. The largest absolute Gasteiger partial charge is 0.491 e. The van der Waals surface area contributed by atoms with E-state index >= 15 is 0 Å². The van der Waals surface area contributed by atoms with Crippen LogP contribution in [0, 0.1) is 0 Å². The van der Waals surface area contributed by atoms with Crippen molar-refractivity contribution in [2.45, 2.75) is 39.7 Å². The zero-order chi connectivity index (χ0) is 20.9. The van der Waals surface area contributed by atoms with E-state index in [0.717, 1.165) is 16.1 Å². The molecule has 0 spiro atoms. The number of nitrogens with zero attached hydrogens (tertiary/aromatic N) is 1. The van der Waals surface area contributed by atoms with Crippen LogP contribution < -0.4 is 14.4 Å². The minimum atomic E-state index is -3.65. The molecule has 2 aromatic carbocycles. The lowest BCUT2D eigenvalue weighted by atomic mass is 10.0. The number of anilines is 2. The van der Waals surface area contributed by atoms with Gasteiger partial charge in [0.05, 0.1) is 18.0 Å². The van der Waals surface area contributed by atoms with Crippen molar-refractivity contribution in [3.63, 3.8) is 0 Å². The van der Waals surface area contributed by atoms with Crippen LogP contribution in [0.25, 0.3) is 0 Å². The molecule has 2 aromatic rings. The first kappa shape index (κ1) is 21.8. The second kappa shape index (κ2) is 9.10. The average molecular weight is 405 g/mol. The Morgan fingerprint density at radius 1 is 1.07 bits per heavy atom. The van der Waals surface area contributed by atoms with Gasteiger partial charge in [-0.1, -0.05) is 32.0 Å². The minimum absolute atomic E-state index is 0.0426. The van der Waals surface area contributed by atoms with Gasteiger partial charge in [0.25, 0.3) is 0 Å². The van der Waals surface area contributed by atoms with Gasteiger partial charge >= 0.3 is 0 Å². The zero-order valence-corrected chi connectivity index (χ0v) is 17.8. The van der Waals surface area contributed by atoms with Gasteiger partial charge in [-0.05, 0) is 49.6 Å². The van der Waals surface area contributed by atoms with Crippen LogP contribution in [0.15, 0.2) is 48.5 Å². The van der Waals surface area contributed by atoms with Crippen LogP contribution >= 0.6 is 0 Å². The van der Waals surface area contributed by atoms with Gasteiger partial charge in [-0.3, -0.25) is 9.10 Å². The highest BCUT2D eigenvalue weighted by Gasteiger charge is 2.21. The van der Waals surface area contributed by atoms with Crippen LogP contribution in [0.1, 0.15) is 39.2 Å². The number of ether oxygens (including phenoxy) is 1. The van der Waals surface area contributed by atoms with E-state index in [-0.39, 0.29) is 12.6 Å². The summed E-state index contributed by atoms with van der Waals surface area (Å²) in [7, 11) is -3.65. The maximum atomic E-state index is 12.5. The summed E-state index contributed by atoms with van der Waals surface area (Å²) < 4.78 is 31.3. The van der Waals surface area contributed by atoms with Crippen molar-refractivity contribution in [3.8, 4) is 5.75 Å². The number of nitrogens with one attached hydrogen (secondary N) is 1. The number of carbonyl (C=O) groups is 1. The molecule has 0 aromatic heterocycles. The quantitative estimate of drug-likeness (QED) is 0.721. The molecule has 0 heterocycles. The Labute approximate surface area is 167 Å². The summed E-state index contributed by atoms with van der Waals surface area (Å²) >= 11 is 0. The van der Waals surface area contributed by atoms with E-state index in [2.05, 4.69) is 19.2 Å². The molecule has 0 aliphatic carbocycles. The zero-order valence-electron chi connectivity index (χ0n) is 17.0. The van der Waals surface area contributed by atoms with Gasteiger partial charge in [-0.2, -0.15) is 0 Å². The summed E-state index contributed by atoms with van der Waals surface area (Å²) in [4.78, 5) is 12.5. The Morgan fingerprint density at radius 3 is 2.25 bits per heavy atom. The fraction of sp³-hybridized carbons (Fsp3) is 0.381. The highest BCUT2D eigenvalue weighted by Crippen LogP contribution is 2.24. The Balaban J connectivity index is 2.17. The second-order valence-electron chi connectivity index (χ2n) is 7.26. The Hall–Kier alpha value is -2.54. The van der Waals surface area contributed by atoms with Crippen LogP contribution in [-0.2, 0) is 14.8 Å². The van der Waals surface area contributed by atoms with E-state index < -0.39 is 15.9 Å². The number of hydrogen-bond donors (Lipinski definition) is 1. The Kier molecular flexibility index (Phi) is 7.07. The lowest BCUT2D eigenvalue weighted by Crippen LogP contribution is -2.37. The van der Waals surface area contributed by atoms with Crippen LogP contribution in [0.2, 0.25) is 0 Å². The monoisotopic (exact) mass is 404 g/mol. The molecule has 7 heteroatoms. The fourth-order valence-electron chi connectivity index (χ4n) is 2.67. The molecule has 152 valence electrons. The van der Waals surface area contributed by atoms with Crippen molar-refractivity contribution >= 4 is 27.3 Å². The maximum absolute atomic E-state index is 12.5. The second-order valence-corrected chi connectivity index (χ2v) is 9.17. The van der Waals surface area contributed by atoms with Crippen LogP contribution in [0.5, 0.6) is 5.75 Å². The number of amides is 1. The Bertz CT molecular complexity index is 906. The van der Waals surface area contributed by atoms with E-state index in [9.17, 15) is 13.2 Å². The number of sulfonamides is 1. The van der Waals surface area contributed by atoms with Gasteiger partial charge < -0.3 is 10.1 Å². The average Bonchev–Trinajstić information content (AvgIpc) is 2.59. The van der Waals surface area contributed by atoms with Crippen molar-refractivity contribution in [3.05, 3.63) is 54.1 Å². The molecule has 0 unspecified atom stereocenters. The molecule has 0 atom stereocenters. The van der Waals surface area contributed by atoms with Crippen molar-refractivity contribution < 1.29 is 17.9 Å². The summed E-state index contributed by atoms with van der Waals surface area (Å²) in [6, 6.07) is 14.2. The SMILES string of the molecule is CC(C)Oc1cccc(N(CC(=O)Nc2ccc(C(C)C)cc2)S(C)(=O)=O)c1. The first-order chi connectivity index (χ1) is 13.1. The molecule has 0 bridgehead atoms. The number of hydrogen-bond acceptors (Lipinski definition) is 4. The first-order valence-electron chi connectivity index (χ1n) is 9.20. The molecule has 2 rings (SSSR count). The molecule has 0 aliphatic rings. The van der Waals surface area contributed by atoms with Crippen molar-refractivity contribution in [1.82, 2.24) is 0 Å². The van der Waals surface area contributed by atoms with Gasteiger partial charge in [0, 0.05) is 11.8 Å². The van der Waals surface area contributed by atoms with Crippen LogP contribution in [-0.4, -0.2) is 33.2 Å². The van der Waals surface area contributed by atoms with Crippen LogP contribution in [0.3, 0.4) is 0 Å². The third-order valence-corrected chi connectivity index (χ3v) is 5.17. The molecule has 0 saturated carbocycles. The molecule has 0 saturated heterocycles. The van der Waals surface area contributed by atoms with E-state index in [0.29, 0.717) is 23.0 Å². The maximum Gasteiger partial charge on any atom is 0.245 e. The van der Waals surface area contributed by atoms with E-state index in [1.165, 1.54) is 0 Å². The van der Waals surface area contributed by atoms with Crippen molar-refractivity contribution in [1.29, 1.82) is 0 Å². The third-order valence-electron chi connectivity index (χ3n) is 4.03. The number of carbonyl (C=O) groups excluding carboxylic acids is 1. The number of benzene rings is 2. The molecule has 6 nitrogen and oxygen atoms in total. The topological polar surface area (TPSA) is 75.7 Å². The van der Waals surface area contributed by atoms with E-state index in [4.69, 9.17) is 4.74 Å². The fourth-order valence-corrected chi connectivity index (χ4v) is 3.51. The van der Waals surface area contributed by atoms with Gasteiger partial charge in [0.2, 0.25) is 15.9 Å². The lowest BCUT2D eigenvalue weighted by Gasteiger charge is -2.23. The van der Waals surface area contributed by atoms with E-state index in [1.807, 2.05) is 38.1 Å². The summed E-state index contributed by atoms with van der Waals surface area (Å²) in [5, 5.41) is 2.75. The predicted octanol–water partition coefficient (Wildman–Crippen LogP) is 4.00. The highest BCUT2D eigenvalue weighted by atomic mass is 32.2. The third kappa shape index (κ3) is 6.27. The first-order valence-corrected chi connectivity index (χ1v) is 11.1. The summed E-state index contributed by atoms with van der Waals surface area (Å²) in [6.07, 6.45) is 1.03. The van der Waals surface area contributed by atoms with E-state index in [1.54, 1.807) is 24.3 Å². The van der Waals surface area contributed by atoms with Gasteiger partial charge in [0.15, 0.2) is 0 Å². The molecular weight excluding hydrogens is 376 g/mol. The van der Waals surface area contributed by atoms with Crippen LogP contribution in [0.4, 0.5) is 11.4 Å². The molecule has 0 fully saturated rings. The van der Waals surface area contributed by atoms with Gasteiger partial charge in [0.1, 0.15) is 12.3 Å². The molecule has 0 aliphatic heterocycles. The van der Waals surface area contributed by atoms with Crippen molar-refractivity contribution in [2.75, 3.05) is 22.4 Å². The Morgan fingerprint density at radius 2 is 1.71 bits per heavy atom. The normalized spacial score (nSPS) is 11.5. The highest BCUT2D eigenvalue weighted by molar-refractivity contribution is 7.92. The smallest absolute Gasteiger partial charge is 0.245 e. The molecule has 28 heavy (non-hydrogen) atoms. The number of rotatable bonds is 8. The molecule has 1 amide bonds.